The molecule has 0 aliphatic heterocycles. The molecular formula is C24H26N2O3S. The van der Waals surface area contributed by atoms with Gasteiger partial charge in [0.05, 0.1) is 16.6 Å². The zero-order valence-electron chi connectivity index (χ0n) is 17.6. The zero-order chi connectivity index (χ0) is 21.9. The van der Waals surface area contributed by atoms with Crippen LogP contribution in [-0.2, 0) is 10.0 Å². The quantitative estimate of drug-likeness (QED) is 0.630. The van der Waals surface area contributed by atoms with Crippen LogP contribution in [0.25, 0.3) is 0 Å². The van der Waals surface area contributed by atoms with E-state index in [1.54, 1.807) is 54.6 Å². The molecule has 5 nitrogen and oxygen atoms in total. The normalized spacial score (nSPS) is 12.3. The number of carbonyl (C=O) groups excluding carboxylic acids is 1. The van der Waals surface area contributed by atoms with Gasteiger partial charge < -0.3 is 5.32 Å². The molecule has 0 aromatic heterocycles. The molecule has 0 spiro atoms. The number of sulfonamides is 1. The van der Waals surface area contributed by atoms with Gasteiger partial charge in [0.25, 0.3) is 15.9 Å². The first kappa shape index (κ1) is 21.6. The molecular weight excluding hydrogens is 396 g/mol. The number of carbonyl (C=O) groups is 1. The van der Waals surface area contributed by atoms with Crippen molar-refractivity contribution < 1.29 is 13.2 Å². The lowest BCUT2D eigenvalue weighted by molar-refractivity contribution is 0.0940. The van der Waals surface area contributed by atoms with Gasteiger partial charge in [0.2, 0.25) is 0 Å². The smallest absolute Gasteiger partial charge is 0.264 e. The summed E-state index contributed by atoms with van der Waals surface area (Å²) in [6, 6.07) is 20.8. The number of hydrogen-bond acceptors (Lipinski definition) is 3. The SMILES string of the molecule is Cc1ccc([C@H](C)NC(=O)c2ccc(N(C)S(=O)(=O)c3ccccc3)cc2)cc1C. The molecule has 1 N–H and O–H groups in total. The summed E-state index contributed by atoms with van der Waals surface area (Å²) >= 11 is 0. The van der Waals surface area contributed by atoms with Crippen LogP contribution in [0.5, 0.6) is 0 Å². The molecule has 0 bridgehead atoms. The molecule has 0 heterocycles. The first-order valence-electron chi connectivity index (χ1n) is 9.72. The van der Waals surface area contributed by atoms with Crippen LogP contribution in [-0.4, -0.2) is 21.4 Å². The van der Waals surface area contributed by atoms with E-state index in [4.69, 9.17) is 0 Å². The van der Waals surface area contributed by atoms with Crippen LogP contribution in [0.3, 0.4) is 0 Å². The van der Waals surface area contributed by atoms with Crippen molar-refractivity contribution in [3.8, 4) is 0 Å². The van der Waals surface area contributed by atoms with Crippen LogP contribution in [0.2, 0.25) is 0 Å². The lowest BCUT2D eigenvalue weighted by Gasteiger charge is -2.20. The van der Waals surface area contributed by atoms with E-state index in [0.29, 0.717) is 11.3 Å². The number of amides is 1. The highest BCUT2D eigenvalue weighted by molar-refractivity contribution is 7.92. The maximum Gasteiger partial charge on any atom is 0.264 e. The molecule has 0 radical (unpaired) electrons. The Bertz CT molecular complexity index is 1140. The summed E-state index contributed by atoms with van der Waals surface area (Å²) in [6.45, 7) is 6.04. The van der Waals surface area contributed by atoms with Crippen LogP contribution in [0.1, 0.15) is 40.0 Å². The van der Waals surface area contributed by atoms with Gasteiger partial charge in [0.15, 0.2) is 0 Å². The van der Waals surface area contributed by atoms with E-state index in [9.17, 15) is 13.2 Å². The monoisotopic (exact) mass is 422 g/mol. The summed E-state index contributed by atoms with van der Waals surface area (Å²) in [7, 11) is -2.16. The molecule has 0 saturated carbocycles. The summed E-state index contributed by atoms with van der Waals surface area (Å²) in [5.41, 5.74) is 4.39. The highest BCUT2D eigenvalue weighted by Gasteiger charge is 2.21. The van der Waals surface area contributed by atoms with Gasteiger partial charge in [-0.15, -0.1) is 0 Å². The molecule has 0 fully saturated rings. The Morgan fingerprint density at radius 1 is 0.900 bits per heavy atom. The fourth-order valence-corrected chi connectivity index (χ4v) is 4.33. The summed E-state index contributed by atoms with van der Waals surface area (Å²) in [5.74, 6) is -0.208. The van der Waals surface area contributed by atoms with Crippen molar-refractivity contribution in [2.45, 2.75) is 31.7 Å². The molecule has 0 aliphatic carbocycles. The van der Waals surface area contributed by atoms with Crippen LogP contribution in [0.4, 0.5) is 5.69 Å². The fourth-order valence-electron chi connectivity index (χ4n) is 3.11. The number of rotatable bonds is 6. The molecule has 6 heteroatoms. The number of anilines is 1. The van der Waals surface area contributed by atoms with E-state index >= 15 is 0 Å². The highest BCUT2D eigenvalue weighted by atomic mass is 32.2. The summed E-state index contributed by atoms with van der Waals surface area (Å²) in [6.07, 6.45) is 0. The van der Waals surface area contributed by atoms with Crippen molar-refractivity contribution in [3.05, 3.63) is 95.1 Å². The van der Waals surface area contributed by atoms with E-state index in [1.165, 1.54) is 22.5 Å². The number of nitrogens with one attached hydrogen (secondary N) is 1. The van der Waals surface area contributed by atoms with Crippen molar-refractivity contribution in [3.63, 3.8) is 0 Å². The molecule has 156 valence electrons. The average Bonchev–Trinajstić information content (AvgIpc) is 2.75. The Morgan fingerprint density at radius 2 is 1.53 bits per heavy atom. The van der Waals surface area contributed by atoms with Gasteiger partial charge in [-0.05, 0) is 73.9 Å². The van der Waals surface area contributed by atoms with E-state index < -0.39 is 10.0 Å². The van der Waals surface area contributed by atoms with Crippen molar-refractivity contribution in [1.29, 1.82) is 0 Å². The van der Waals surface area contributed by atoms with E-state index in [0.717, 1.165) is 5.56 Å². The Labute approximate surface area is 178 Å². The largest absolute Gasteiger partial charge is 0.346 e. The number of hydrogen-bond donors (Lipinski definition) is 1. The Morgan fingerprint density at radius 3 is 2.13 bits per heavy atom. The topological polar surface area (TPSA) is 66.5 Å². The van der Waals surface area contributed by atoms with Gasteiger partial charge in [-0.2, -0.15) is 0 Å². The lowest BCUT2D eigenvalue weighted by Crippen LogP contribution is -2.28. The first-order chi connectivity index (χ1) is 14.2. The molecule has 1 amide bonds. The molecule has 30 heavy (non-hydrogen) atoms. The summed E-state index contributed by atoms with van der Waals surface area (Å²) in [4.78, 5) is 12.9. The minimum atomic E-state index is -3.66. The van der Waals surface area contributed by atoms with Crippen LogP contribution >= 0.6 is 0 Å². The standard InChI is InChI=1S/C24H26N2O3S/c1-17-10-11-21(16-18(17)2)19(3)25-24(27)20-12-14-22(15-13-20)26(4)30(28,29)23-8-6-5-7-9-23/h5-16,19H,1-4H3,(H,25,27)/t19-/m0/s1. The van der Waals surface area contributed by atoms with E-state index in [1.807, 2.05) is 26.0 Å². The lowest BCUT2D eigenvalue weighted by atomic mass is 10.0. The maximum atomic E-state index is 12.8. The van der Waals surface area contributed by atoms with Crippen molar-refractivity contribution in [2.24, 2.45) is 0 Å². The molecule has 0 aliphatic rings. The molecule has 1 atom stereocenters. The second-order valence-corrected chi connectivity index (χ2v) is 9.34. The highest BCUT2D eigenvalue weighted by Crippen LogP contribution is 2.23. The van der Waals surface area contributed by atoms with Crippen LogP contribution < -0.4 is 9.62 Å². The van der Waals surface area contributed by atoms with Crippen molar-refractivity contribution in [1.82, 2.24) is 5.32 Å². The Kier molecular flexibility index (Phi) is 6.27. The van der Waals surface area contributed by atoms with Crippen LogP contribution in [0, 0.1) is 13.8 Å². The van der Waals surface area contributed by atoms with Gasteiger partial charge in [0.1, 0.15) is 0 Å². The number of benzene rings is 3. The average molecular weight is 423 g/mol. The molecule has 0 saturated heterocycles. The predicted octanol–water partition coefficient (Wildman–Crippen LogP) is 4.62. The molecule has 3 aromatic carbocycles. The fraction of sp³-hybridized carbons (Fsp3) is 0.208. The van der Waals surface area contributed by atoms with Gasteiger partial charge in [-0.3, -0.25) is 9.10 Å². The van der Waals surface area contributed by atoms with Gasteiger partial charge in [-0.1, -0.05) is 36.4 Å². The minimum Gasteiger partial charge on any atom is -0.346 e. The Balaban J connectivity index is 1.73. The van der Waals surface area contributed by atoms with E-state index in [2.05, 4.69) is 18.3 Å². The van der Waals surface area contributed by atoms with Crippen molar-refractivity contribution >= 4 is 21.6 Å². The number of nitrogens with zero attached hydrogens (tertiary/aromatic N) is 1. The second-order valence-electron chi connectivity index (χ2n) is 7.37. The molecule has 3 aromatic rings. The Hall–Kier alpha value is -3.12. The van der Waals surface area contributed by atoms with Gasteiger partial charge in [0, 0.05) is 12.6 Å². The van der Waals surface area contributed by atoms with Crippen molar-refractivity contribution in [2.75, 3.05) is 11.4 Å². The summed E-state index contributed by atoms with van der Waals surface area (Å²) in [5, 5.41) is 2.99. The predicted molar refractivity (Wildman–Crippen MR) is 120 cm³/mol. The van der Waals surface area contributed by atoms with Crippen LogP contribution in [0.15, 0.2) is 77.7 Å². The maximum absolute atomic E-state index is 12.8. The minimum absolute atomic E-state index is 0.141. The second kappa shape index (κ2) is 8.71. The third-order valence-corrected chi connectivity index (χ3v) is 7.07. The van der Waals surface area contributed by atoms with E-state index in [-0.39, 0.29) is 16.8 Å². The zero-order valence-corrected chi connectivity index (χ0v) is 18.4. The van der Waals surface area contributed by atoms with Gasteiger partial charge in [-0.25, -0.2) is 8.42 Å². The third-order valence-electron chi connectivity index (χ3n) is 5.27. The summed E-state index contributed by atoms with van der Waals surface area (Å²) < 4.78 is 26.7. The van der Waals surface area contributed by atoms with Gasteiger partial charge >= 0.3 is 0 Å². The first-order valence-corrected chi connectivity index (χ1v) is 11.2. The number of aryl methyl sites for hydroxylation is 2. The molecule has 0 unspecified atom stereocenters. The third kappa shape index (κ3) is 4.54. The molecule has 3 rings (SSSR count).